The molecule has 3 aromatic rings. The molecule has 1 saturated heterocycles. The van der Waals surface area contributed by atoms with Gasteiger partial charge in [-0.3, -0.25) is 4.79 Å². The van der Waals surface area contributed by atoms with E-state index in [2.05, 4.69) is 10.1 Å². The summed E-state index contributed by atoms with van der Waals surface area (Å²) >= 11 is 0. The summed E-state index contributed by atoms with van der Waals surface area (Å²) in [5, 5.41) is 4.00. The van der Waals surface area contributed by atoms with Crippen LogP contribution in [0.15, 0.2) is 40.9 Å². The fourth-order valence-electron chi connectivity index (χ4n) is 3.41. The Morgan fingerprint density at radius 2 is 2.03 bits per heavy atom. The van der Waals surface area contributed by atoms with Crippen LogP contribution in [-0.4, -0.2) is 36.3 Å². The molecule has 1 aliphatic heterocycles. The molecule has 0 aliphatic carbocycles. The van der Waals surface area contributed by atoms with Crippen LogP contribution < -0.4 is 14.4 Å². The highest BCUT2D eigenvalue weighted by Gasteiger charge is 2.36. The number of halogens is 2. The van der Waals surface area contributed by atoms with Gasteiger partial charge in [-0.2, -0.15) is 4.98 Å². The van der Waals surface area contributed by atoms with E-state index in [0.29, 0.717) is 29.5 Å². The van der Waals surface area contributed by atoms with Gasteiger partial charge in [0, 0.05) is 24.6 Å². The van der Waals surface area contributed by atoms with Crippen molar-refractivity contribution in [3.63, 3.8) is 0 Å². The number of amides is 1. The monoisotopic (exact) mass is 415 g/mol. The van der Waals surface area contributed by atoms with Crippen LogP contribution in [-0.2, 0) is 4.79 Å². The Morgan fingerprint density at radius 1 is 1.20 bits per heavy atom. The largest absolute Gasteiger partial charge is 0.493 e. The van der Waals surface area contributed by atoms with E-state index in [9.17, 15) is 13.6 Å². The predicted octanol–water partition coefficient (Wildman–Crippen LogP) is 3.94. The maximum Gasteiger partial charge on any atom is 0.232 e. The van der Waals surface area contributed by atoms with Crippen LogP contribution in [0.2, 0.25) is 0 Å². The maximum absolute atomic E-state index is 14.1. The van der Waals surface area contributed by atoms with E-state index < -0.39 is 17.6 Å². The first-order valence-electron chi connectivity index (χ1n) is 9.40. The fraction of sp³-hybridized carbons (Fsp3) is 0.286. The molecule has 1 aliphatic rings. The number of nitrogens with zero attached hydrogens (tertiary/aromatic N) is 3. The molecule has 1 atom stereocenters. The molecule has 30 heavy (non-hydrogen) atoms. The van der Waals surface area contributed by atoms with Crippen molar-refractivity contribution >= 4 is 11.6 Å². The van der Waals surface area contributed by atoms with Gasteiger partial charge in [-0.15, -0.1) is 0 Å². The summed E-state index contributed by atoms with van der Waals surface area (Å²) < 4.78 is 43.5. The Bertz CT molecular complexity index is 1090. The molecule has 2 heterocycles. The van der Waals surface area contributed by atoms with E-state index in [-0.39, 0.29) is 30.5 Å². The average molecular weight is 415 g/mol. The first-order chi connectivity index (χ1) is 14.5. The Kier molecular flexibility index (Phi) is 5.35. The van der Waals surface area contributed by atoms with E-state index in [4.69, 9.17) is 14.0 Å². The van der Waals surface area contributed by atoms with Gasteiger partial charge in [0.25, 0.3) is 0 Å². The van der Waals surface area contributed by atoms with Gasteiger partial charge in [0.2, 0.25) is 17.6 Å². The van der Waals surface area contributed by atoms with Crippen molar-refractivity contribution in [3.05, 3.63) is 53.9 Å². The second-order valence-corrected chi connectivity index (χ2v) is 6.76. The third kappa shape index (κ3) is 3.70. The number of aromatic nitrogens is 2. The number of hydrogen-bond acceptors (Lipinski definition) is 6. The molecule has 4 rings (SSSR count). The number of methoxy groups -OCH3 is 1. The second-order valence-electron chi connectivity index (χ2n) is 6.76. The molecular weight excluding hydrogens is 396 g/mol. The van der Waals surface area contributed by atoms with Gasteiger partial charge in [0.1, 0.15) is 11.6 Å². The summed E-state index contributed by atoms with van der Waals surface area (Å²) in [5.41, 5.74) is 0.691. The van der Waals surface area contributed by atoms with Crippen LogP contribution in [0.4, 0.5) is 14.5 Å². The number of carbonyl (C=O) groups excluding carboxylic acids is 1. The van der Waals surface area contributed by atoms with Gasteiger partial charge in [-0.05, 0) is 37.3 Å². The molecule has 9 heteroatoms. The minimum absolute atomic E-state index is 0.0277. The molecule has 156 valence electrons. The van der Waals surface area contributed by atoms with Crippen molar-refractivity contribution in [1.82, 2.24) is 10.1 Å². The minimum Gasteiger partial charge on any atom is -0.493 e. The lowest BCUT2D eigenvalue weighted by Gasteiger charge is -2.16. The smallest absolute Gasteiger partial charge is 0.232 e. The molecule has 0 radical (unpaired) electrons. The van der Waals surface area contributed by atoms with Crippen LogP contribution in [0.25, 0.3) is 11.4 Å². The molecule has 1 amide bonds. The molecule has 0 spiro atoms. The molecule has 0 N–H and O–H groups in total. The molecule has 1 unspecified atom stereocenters. The standard InChI is InChI=1S/C21H19F2N3O4/c1-3-29-17-7-4-12(8-18(17)28-2)20-24-21(30-25-20)13-9-19(27)26(11-13)16-6-5-14(22)10-15(16)23/h4-8,10,13H,3,9,11H2,1-2H3. The van der Waals surface area contributed by atoms with Crippen molar-refractivity contribution in [2.75, 3.05) is 25.2 Å². The van der Waals surface area contributed by atoms with Crippen LogP contribution >= 0.6 is 0 Å². The van der Waals surface area contributed by atoms with Gasteiger partial charge in [-0.1, -0.05) is 5.16 Å². The molecule has 0 bridgehead atoms. The third-order valence-electron chi connectivity index (χ3n) is 4.84. The zero-order valence-electron chi connectivity index (χ0n) is 16.4. The Labute approximate surface area is 171 Å². The van der Waals surface area contributed by atoms with E-state index in [1.807, 2.05) is 6.92 Å². The van der Waals surface area contributed by atoms with Crippen molar-refractivity contribution in [1.29, 1.82) is 0 Å². The van der Waals surface area contributed by atoms with Gasteiger partial charge in [0.05, 0.1) is 25.3 Å². The number of anilines is 1. The van der Waals surface area contributed by atoms with E-state index in [1.165, 1.54) is 18.1 Å². The highest BCUT2D eigenvalue weighted by Crippen LogP contribution is 2.35. The van der Waals surface area contributed by atoms with Crippen LogP contribution in [0.1, 0.15) is 25.2 Å². The zero-order valence-corrected chi connectivity index (χ0v) is 16.4. The molecule has 0 saturated carbocycles. The topological polar surface area (TPSA) is 77.7 Å². The Morgan fingerprint density at radius 3 is 2.77 bits per heavy atom. The van der Waals surface area contributed by atoms with E-state index in [0.717, 1.165) is 12.1 Å². The number of hydrogen-bond donors (Lipinski definition) is 0. The SMILES string of the molecule is CCOc1ccc(-c2noc(C3CC(=O)N(c4ccc(F)cc4F)C3)n2)cc1OC. The molecule has 2 aromatic carbocycles. The van der Waals surface area contributed by atoms with Gasteiger partial charge in [0.15, 0.2) is 11.5 Å². The highest BCUT2D eigenvalue weighted by atomic mass is 19.1. The predicted molar refractivity (Wildman–Crippen MR) is 104 cm³/mol. The van der Waals surface area contributed by atoms with Gasteiger partial charge >= 0.3 is 0 Å². The minimum atomic E-state index is -0.795. The number of ether oxygens (including phenoxy) is 2. The lowest BCUT2D eigenvalue weighted by atomic mass is 10.1. The maximum atomic E-state index is 14.1. The Hall–Kier alpha value is -3.49. The average Bonchev–Trinajstić information content (AvgIpc) is 3.36. The normalized spacial score (nSPS) is 16.2. The third-order valence-corrected chi connectivity index (χ3v) is 4.84. The zero-order chi connectivity index (χ0) is 21.3. The van der Waals surface area contributed by atoms with Crippen molar-refractivity contribution in [2.45, 2.75) is 19.3 Å². The van der Waals surface area contributed by atoms with E-state index >= 15 is 0 Å². The summed E-state index contributed by atoms with van der Waals surface area (Å²) in [6.45, 7) is 2.54. The molecule has 7 nitrogen and oxygen atoms in total. The Balaban J connectivity index is 1.55. The molecular formula is C21H19F2N3O4. The van der Waals surface area contributed by atoms with Crippen molar-refractivity contribution < 1.29 is 27.6 Å². The fourth-order valence-corrected chi connectivity index (χ4v) is 3.41. The van der Waals surface area contributed by atoms with Crippen LogP contribution in [0.3, 0.4) is 0 Å². The first-order valence-corrected chi connectivity index (χ1v) is 9.40. The molecule has 1 aromatic heterocycles. The summed E-state index contributed by atoms with van der Waals surface area (Å²) in [6.07, 6.45) is 0.0883. The number of carbonyl (C=O) groups is 1. The van der Waals surface area contributed by atoms with Gasteiger partial charge in [-0.25, -0.2) is 8.78 Å². The van der Waals surface area contributed by atoms with E-state index in [1.54, 1.807) is 18.2 Å². The van der Waals surface area contributed by atoms with Gasteiger partial charge < -0.3 is 18.9 Å². The first kappa shape index (κ1) is 19.8. The van der Waals surface area contributed by atoms with Crippen LogP contribution in [0.5, 0.6) is 11.5 Å². The quantitative estimate of drug-likeness (QED) is 0.607. The van der Waals surface area contributed by atoms with Crippen LogP contribution in [0, 0.1) is 11.6 Å². The second kappa shape index (κ2) is 8.10. The lowest BCUT2D eigenvalue weighted by molar-refractivity contribution is -0.117. The highest BCUT2D eigenvalue weighted by molar-refractivity contribution is 5.96. The summed E-state index contributed by atoms with van der Waals surface area (Å²) in [5.74, 6) is -0.439. The van der Waals surface area contributed by atoms with Crippen molar-refractivity contribution in [2.24, 2.45) is 0 Å². The molecule has 1 fully saturated rings. The summed E-state index contributed by atoms with van der Waals surface area (Å²) in [7, 11) is 1.54. The number of rotatable bonds is 6. The number of benzene rings is 2. The summed E-state index contributed by atoms with van der Waals surface area (Å²) in [4.78, 5) is 18.1. The summed E-state index contributed by atoms with van der Waals surface area (Å²) in [6, 6.07) is 8.38. The van der Waals surface area contributed by atoms with Crippen molar-refractivity contribution in [3.8, 4) is 22.9 Å². The lowest BCUT2D eigenvalue weighted by Crippen LogP contribution is -2.25.